The molecule has 0 saturated carbocycles. The number of likely N-dealkylation sites (tertiary alicyclic amines) is 1. The van der Waals surface area contributed by atoms with Gasteiger partial charge in [-0.2, -0.15) is 0 Å². The third kappa shape index (κ3) is 2.93. The molecule has 2 atom stereocenters. The van der Waals surface area contributed by atoms with Crippen LogP contribution in [0.1, 0.15) is 19.8 Å². The van der Waals surface area contributed by atoms with Crippen LogP contribution in [0.2, 0.25) is 0 Å². The summed E-state index contributed by atoms with van der Waals surface area (Å²) in [7, 11) is 0. The fraction of sp³-hybridized carbons (Fsp3) is 0.833. The number of carboxylic acid groups (broad SMARTS) is 1. The highest BCUT2D eigenvalue weighted by Gasteiger charge is 2.37. The summed E-state index contributed by atoms with van der Waals surface area (Å²) in [6.07, 6.45) is 0.751. The van der Waals surface area contributed by atoms with Gasteiger partial charge in [0.15, 0.2) is 0 Å². The van der Waals surface area contributed by atoms with E-state index in [9.17, 15) is 9.59 Å². The minimum absolute atomic E-state index is 0.177. The Hall–Kier alpha value is -1.30. The monoisotopic (exact) mass is 256 g/mol. The van der Waals surface area contributed by atoms with Crippen molar-refractivity contribution in [3.8, 4) is 0 Å². The zero-order valence-electron chi connectivity index (χ0n) is 10.7. The van der Waals surface area contributed by atoms with Crippen LogP contribution in [0.15, 0.2) is 0 Å². The van der Waals surface area contributed by atoms with Gasteiger partial charge in [0.05, 0.1) is 6.54 Å². The molecule has 0 aromatic rings. The maximum atomic E-state index is 11.5. The van der Waals surface area contributed by atoms with Crippen molar-refractivity contribution in [1.29, 1.82) is 0 Å². The largest absolute Gasteiger partial charge is 0.478 e. The molecule has 0 bridgehead atoms. The van der Waals surface area contributed by atoms with Gasteiger partial charge in [0.2, 0.25) is 6.10 Å². The van der Waals surface area contributed by atoms with Crippen molar-refractivity contribution in [2.75, 3.05) is 32.7 Å². The topological polar surface area (TPSA) is 70.1 Å². The number of carboxylic acids is 1. The maximum absolute atomic E-state index is 11.5. The number of aliphatic carboxylic acids is 1. The molecule has 0 radical (unpaired) electrons. The maximum Gasteiger partial charge on any atom is 0.410 e. The van der Waals surface area contributed by atoms with Crippen molar-refractivity contribution in [2.24, 2.45) is 5.92 Å². The second kappa shape index (κ2) is 5.56. The molecule has 0 aromatic heterocycles. The van der Waals surface area contributed by atoms with Gasteiger partial charge in [-0.25, -0.2) is 9.59 Å². The molecule has 0 aromatic carbocycles. The fourth-order valence-corrected chi connectivity index (χ4v) is 2.68. The Bertz CT molecular complexity index is 334. The number of hydrogen-bond acceptors (Lipinski definition) is 4. The Balaban J connectivity index is 1.86. The molecule has 1 N–H and O–H groups in total. The second-order valence-electron chi connectivity index (χ2n) is 5.02. The first-order chi connectivity index (χ1) is 8.60. The van der Waals surface area contributed by atoms with E-state index in [0.29, 0.717) is 12.5 Å². The normalized spacial score (nSPS) is 29.4. The van der Waals surface area contributed by atoms with Crippen LogP contribution in [0.5, 0.6) is 0 Å². The summed E-state index contributed by atoms with van der Waals surface area (Å²) in [5, 5.41) is 8.82. The predicted octanol–water partition coefficient (Wildman–Crippen LogP) is 0.624. The van der Waals surface area contributed by atoms with E-state index in [1.54, 1.807) is 0 Å². The number of rotatable bonds is 4. The average molecular weight is 256 g/mol. The molecule has 6 nitrogen and oxygen atoms in total. The summed E-state index contributed by atoms with van der Waals surface area (Å²) in [4.78, 5) is 26.2. The van der Waals surface area contributed by atoms with Gasteiger partial charge in [-0.1, -0.05) is 6.92 Å². The molecule has 2 heterocycles. The zero-order valence-corrected chi connectivity index (χ0v) is 10.7. The first-order valence-corrected chi connectivity index (χ1v) is 6.51. The summed E-state index contributed by atoms with van der Waals surface area (Å²) < 4.78 is 4.80. The number of ether oxygens (including phenoxy) is 1. The third-order valence-electron chi connectivity index (χ3n) is 3.69. The Labute approximate surface area is 106 Å². The van der Waals surface area contributed by atoms with E-state index in [0.717, 1.165) is 32.5 Å². The third-order valence-corrected chi connectivity index (χ3v) is 3.69. The van der Waals surface area contributed by atoms with Crippen LogP contribution in [0.3, 0.4) is 0 Å². The van der Waals surface area contributed by atoms with Gasteiger partial charge in [-0.3, -0.25) is 0 Å². The van der Waals surface area contributed by atoms with E-state index in [4.69, 9.17) is 9.84 Å². The van der Waals surface area contributed by atoms with Crippen molar-refractivity contribution >= 4 is 12.1 Å². The van der Waals surface area contributed by atoms with Crippen LogP contribution in [-0.2, 0) is 9.53 Å². The van der Waals surface area contributed by atoms with E-state index in [2.05, 4.69) is 11.8 Å². The van der Waals surface area contributed by atoms with Gasteiger partial charge < -0.3 is 19.6 Å². The van der Waals surface area contributed by atoms with Gasteiger partial charge >= 0.3 is 12.1 Å². The second-order valence-corrected chi connectivity index (χ2v) is 5.02. The number of cyclic esters (lactones) is 1. The van der Waals surface area contributed by atoms with Crippen LogP contribution >= 0.6 is 0 Å². The number of piperidine rings is 1. The van der Waals surface area contributed by atoms with Gasteiger partial charge in [0, 0.05) is 13.1 Å². The van der Waals surface area contributed by atoms with Gasteiger partial charge in [0.1, 0.15) is 0 Å². The Morgan fingerprint density at radius 2 is 2.28 bits per heavy atom. The lowest BCUT2D eigenvalue weighted by molar-refractivity contribution is -0.144. The SMILES string of the molecule is CCN1CCCC(CN2C[C@H](C(=O)O)OC2=O)C1. The fourth-order valence-electron chi connectivity index (χ4n) is 2.68. The van der Waals surface area contributed by atoms with Crippen LogP contribution in [0.25, 0.3) is 0 Å². The minimum Gasteiger partial charge on any atom is -0.478 e. The molecule has 18 heavy (non-hydrogen) atoms. The molecule has 2 fully saturated rings. The number of carbonyl (C=O) groups is 2. The molecule has 2 aliphatic rings. The summed E-state index contributed by atoms with van der Waals surface area (Å²) in [5.41, 5.74) is 0. The summed E-state index contributed by atoms with van der Waals surface area (Å²) >= 11 is 0. The van der Waals surface area contributed by atoms with E-state index >= 15 is 0 Å². The van der Waals surface area contributed by atoms with Crippen molar-refractivity contribution in [2.45, 2.75) is 25.9 Å². The highest BCUT2D eigenvalue weighted by Crippen LogP contribution is 2.20. The van der Waals surface area contributed by atoms with Gasteiger partial charge in [-0.15, -0.1) is 0 Å². The Kier molecular flexibility index (Phi) is 4.06. The molecule has 102 valence electrons. The molecule has 2 saturated heterocycles. The Morgan fingerprint density at radius 3 is 2.89 bits per heavy atom. The van der Waals surface area contributed by atoms with Crippen LogP contribution in [0, 0.1) is 5.92 Å². The van der Waals surface area contributed by atoms with E-state index in [-0.39, 0.29) is 6.54 Å². The number of nitrogens with zero attached hydrogens (tertiary/aromatic N) is 2. The van der Waals surface area contributed by atoms with Crippen molar-refractivity contribution < 1.29 is 19.4 Å². The predicted molar refractivity (Wildman–Crippen MR) is 64.3 cm³/mol. The van der Waals surface area contributed by atoms with Crippen molar-refractivity contribution in [1.82, 2.24) is 9.80 Å². The summed E-state index contributed by atoms with van der Waals surface area (Å²) in [5.74, 6) is -0.636. The molecule has 2 rings (SSSR count). The molecule has 1 unspecified atom stereocenters. The van der Waals surface area contributed by atoms with Crippen LogP contribution in [-0.4, -0.2) is 65.8 Å². The minimum atomic E-state index is -1.07. The molecule has 1 amide bonds. The summed E-state index contributed by atoms with van der Waals surface area (Å²) in [6.45, 7) is 6.05. The smallest absolute Gasteiger partial charge is 0.410 e. The first-order valence-electron chi connectivity index (χ1n) is 6.51. The highest BCUT2D eigenvalue weighted by atomic mass is 16.6. The van der Waals surface area contributed by atoms with E-state index in [1.807, 2.05) is 0 Å². The average Bonchev–Trinajstić information content (AvgIpc) is 2.71. The molecular weight excluding hydrogens is 236 g/mol. The van der Waals surface area contributed by atoms with Gasteiger partial charge in [-0.05, 0) is 31.8 Å². The molecular formula is C12H20N2O4. The lowest BCUT2D eigenvalue weighted by atomic mass is 9.97. The standard InChI is InChI=1S/C12H20N2O4/c1-2-13-5-3-4-9(6-13)7-14-8-10(11(15)16)18-12(14)17/h9-10H,2-8H2,1H3,(H,15,16)/t9?,10-/m1/s1. The quantitative estimate of drug-likeness (QED) is 0.798. The van der Waals surface area contributed by atoms with E-state index in [1.165, 1.54) is 4.90 Å². The summed E-state index contributed by atoms with van der Waals surface area (Å²) in [6, 6.07) is 0. The van der Waals surface area contributed by atoms with E-state index < -0.39 is 18.2 Å². The number of amides is 1. The lowest BCUT2D eigenvalue weighted by Crippen LogP contribution is -2.41. The van der Waals surface area contributed by atoms with Crippen molar-refractivity contribution in [3.05, 3.63) is 0 Å². The van der Waals surface area contributed by atoms with Gasteiger partial charge in [0.25, 0.3) is 0 Å². The number of carbonyl (C=O) groups excluding carboxylic acids is 1. The highest BCUT2D eigenvalue weighted by molar-refractivity contribution is 5.81. The zero-order chi connectivity index (χ0) is 13.1. The molecule has 0 spiro atoms. The molecule has 2 aliphatic heterocycles. The Morgan fingerprint density at radius 1 is 1.50 bits per heavy atom. The first kappa shape index (κ1) is 13.1. The lowest BCUT2D eigenvalue weighted by Gasteiger charge is -2.33. The van der Waals surface area contributed by atoms with Crippen molar-refractivity contribution in [3.63, 3.8) is 0 Å². The van der Waals surface area contributed by atoms with Crippen LogP contribution in [0.4, 0.5) is 4.79 Å². The number of hydrogen-bond donors (Lipinski definition) is 1. The molecule has 6 heteroatoms. The van der Waals surface area contributed by atoms with Crippen LogP contribution < -0.4 is 0 Å². The molecule has 0 aliphatic carbocycles.